The first kappa shape index (κ1) is 11.8. The molecule has 3 fully saturated rings. The van der Waals surface area contributed by atoms with Gasteiger partial charge in [-0.3, -0.25) is 4.79 Å². The van der Waals surface area contributed by atoms with Gasteiger partial charge in [0.1, 0.15) is 0 Å². The Balaban J connectivity index is 1.85. The zero-order chi connectivity index (χ0) is 12.6. The first-order valence-electron chi connectivity index (χ1n) is 6.85. The quantitative estimate of drug-likeness (QED) is 0.745. The number of carbonyl (C=O) groups excluding carboxylic acids is 1. The van der Waals surface area contributed by atoms with Crippen LogP contribution in [0.4, 0.5) is 0 Å². The maximum Gasteiger partial charge on any atom is 0.311 e. The van der Waals surface area contributed by atoms with Crippen molar-refractivity contribution in [1.82, 2.24) is 0 Å². The summed E-state index contributed by atoms with van der Waals surface area (Å²) in [5, 5.41) is 0. The number of benzene rings is 1. The van der Waals surface area contributed by atoms with E-state index in [-0.39, 0.29) is 11.4 Å². The van der Waals surface area contributed by atoms with Gasteiger partial charge in [0, 0.05) is 0 Å². The Labute approximate surface area is 108 Å². The lowest BCUT2D eigenvalue weighted by Gasteiger charge is -2.52. The standard InChI is InChI=1S/C16H20O2/c1-18-14(17)16-10-7-15(8-11-16,9-12-16)13-5-3-2-4-6-13/h2-6H,7-12H2,1H3. The maximum absolute atomic E-state index is 12.0. The van der Waals surface area contributed by atoms with Gasteiger partial charge in [-0.2, -0.15) is 0 Å². The summed E-state index contributed by atoms with van der Waals surface area (Å²) in [6.45, 7) is 0. The molecule has 0 amide bonds. The molecule has 0 saturated heterocycles. The number of methoxy groups -OCH3 is 1. The topological polar surface area (TPSA) is 26.3 Å². The van der Waals surface area contributed by atoms with Crippen molar-refractivity contribution in [3.05, 3.63) is 35.9 Å². The van der Waals surface area contributed by atoms with Gasteiger partial charge >= 0.3 is 5.97 Å². The van der Waals surface area contributed by atoms with Crippen molar-refractivity contribution in [2.24, 2.45) is 5.41 Å². The van der Waals surface area contributed by atoms with Gasteiger partial charge in [-0.05, 0) is 49.5 Å². The van der Waals surface area contributed by atoms with Crippen molar-refractivity contribution in [1.29, 1.82) is 0 Å². The molecule has 1 aromatic rings. The molecule has 3 saturated carbocycles. The highest BCUT2D eigenvalue weighted by atomic mass is 16.5. The van der Waals surface area contributed by atoms with Gasteiger partial charge in [-0.15, -0.1) is 0 Å². The largest absolute Gasteiger partial charge is 0.469 e. The molecule has 0 heterocycles. The summed E-state index contributed by atoms with van der Waals surface area (Å²) in [5.74, 6) is 0.0175. The van der Waals surface area contributed by atoms with Gasteiger partial charge in [0.15, 0.2) is 0 Å². The van der Waals surface area contributed by atoms with E-state index in [0.717, 1.165) is 38.5 Å². The van der Waals surface area contributed by atoms with Gasteiger partial charge < -0.3 is 4.74 Å². The number of hydrogen-bond donors (Lipinski definition) is 0. The smallest absolute Gasteiger partial charge is 0.311 e. The number of rotatable bonds is 2. The minimum Gasteiger partial charge on any atom is -0.469 e. The fourth-order valence-corrected chi connectivity index (χ4v) is 3.93. The molecule has 3 aliphatic rings. The number of ether oxygens (including phenoxy) is 1. The van der Waals surface area contributed by atoms with E-state index < -0.39 is 0 Å². The summed E-state index contributed by atoms with van der Waals surface area (Å²) >= 11 is 0. The second kappa shape index (κ2) is 4.11. The molecule has 4 rings (SSSR count). The average Bonchev–Trinajstić information content (AvgIpc) is 2.49. The second-order valence-electron chi connectivity index (χ2n) is 5.92. The van der Waals surface area contributed by atoms with Crippen LogP contribution in [0.25, 0.3) is 0 Å². The molecule has 96 valence electrons. The third-order valence-corrected chi connectivity index (χ3v) is 5.25. The van der Waals surface area contributed by atoms with Crippen molar-refractivity contribution in [3.63, 3.8) is 0 Å². The van der Waals surface area contributed by atoms with E-state index in [1.165, 1.54) is 12.7 Å². The number of esters is 1. The van der Waals surface area contributed by atoms with Crippen LogP contribution in [0.3, 0.4) is 0 Å². The predicted molar refractivity (Wildman–Crippen MR) is 70.3 cm³/mol. The van der Waals surface area contributed by atoms with Crippen LogP contribution in [0.2, 0.25) is 0 Å². The van der Waals surface area contributed by atoms with Crippen molar-refractivity contribution in [2.75, 3.05) is 7.11 Å². The first-order valence-corrected chi connectivity index (χ1v) is 6.85. The summed E-state index contributed by atoms with van der Waals surface area (Å²) in [4.78, 5) is 12.0. The fourth-order valence-electron chi connectivity index (χ4n) is 3.93. The van der Waals surface area contributed by atoms with Gasteiger partial charge in [0.25, 0.3) is 0 Å². The van der Waals surface area contributed by atoms with Crippen LogP contribution in [0.15, 0.2) is 30.3 Å². The Morgan fingerprint density at radius 1 is 1.00 bits per heavy atom. The van der Waals surface area contributed by atoms with E-state index in [2.05, 4.69) is 30.3 Å². The highest BCUT2D eigenvalue weighted by molar-refractivity contribution is 5.77. The Hall–Kier alpha value is -1.31. The molecule has 0 spiro atoms. The molecule has 0 N–H and O–H groups in total. The fraction of sp³-hybridized carbons (Fsp3) is 0.562. The van der Waals surface area contributed by atoms with Crippen molar-refractivity contribution < 1.29 is 9.53 Å². The lowest BCUT2D eigenvalue weighted by atomic mass is 9.52. The van der Waals surface area contributed by atoms with Crippen molar-refractivity contribution in [2.45, 2.75) is 43.9 Å². The zero-order valence-electron chi connectivity index (χ0n) is 10.9. The lowest BCUT2D eigenvalue weighted by molar-refractivity contribution is -0.160. The lowest BCUT2D eigenvalue weighted by Crippen LogP contribution is -2.48. The summed E-state index contributed by atoms with van der Waals surface area (Å²) < 4.78 is 5.01. The van der Waals surface area contributed by atoms with E-state index in [9.17, 15) is 4.79 Å². The Bertz CT molecular complexity index is 425. The number of carbonyl (C=O) groups is 1. The van der Waals surface area contributed by atoms with Crippen molar-refractivity contribution >= 4 is 5.97 Å². The molecule has 0 unspecified atom stereocenters. The molecule has 1 aromatic carbocycles. The number of hydrogen-bond acceptors (Lipinski definition) is 2. The van der Waals surface area contributed by atoms with Gasteiger partial charge in [0.05, 0.1) is 12.5 Å². The van der Waals surface area contributed by atoms with E-state index >= 15 is 0 Å². The Morgan fingerprint density at radius 2 is 1.56 bits per heavy atom. The molecular formula is C16H20O2. The molecule has 0 atom stereocenters. The van der Waals surface area contributed by atoms with Crippen LogP contribution in [-0.2, 0) is 14.9 Å². The molecule has 18 heavy (non-hydrogen) atoms. The molecular weight excluding hydrogens is 224 g/mol. The summed E-state index contributed by atoms with van der Waals surface area (Å²) in [6, 6.07) is 10.8. The molecule has 2 nitrogen and oxygen atoms in total. The summed E-state index contributed by atoms with van der Waals surface area (Å²) in [7, 11) is 1.52. The molecule has 2 heteroatoms. The second-order valence-corrected chi connectivity index (χ2v) is 5.92. The summed E-state index contributed by atoms with van der Waals surface area (Å²) in [6.07, 6.45) is 6.38. The van der Waals surface area contributed by atoms with Gasteiger partial charge in [-0.1, -0.05) is 30.3 Å². The van der Waals surface area contributed by atoms with E-state index in [1.807, 2.05) is 0 Å². The van der Waals surface area contributed by atoms with Crippen LogP contribution in [0.5, 0.6) is 0 Å². The van der Waals surface area contributed by atoms with E-state index in [4.69, 9.17) is 4.74 Å². The van der Waals surface area contributed by atoms with E-state index in [1.54, 1.807) is 0 Å². The highest BCUT2D eigenvalue weighted by Crippen LogP contribution is 2.58. The summed E-state index contributed by atoms with van der Waals surface area (Å²) in [5.41, 5.74) is 1.63. The van der Waals surface area contributed by atoms with E-state index in [0.29, 0.717) is 5.41 Å². The molecule has 0 radical (unpaired) electrons. The minimum atomic E-state index is -0.161. The molecule has 3 aliphatic carbocycles. The number of fused-ring (bicyclic) bond motifs is 3. The van der Waals surface area contributed by atoms with Crippen LogP contribution < -0.4 is 0 Å². The molecule has 0 aromatic heterocycles. The minimum absolute atomic E-state index is 0.0175. The predicted octanol–water partition coefficient (Wildman–Crippen LogP) is 3.45. The van der Waals surface area contributed by atoms with Gasteiger partial charge in [0.2, 0.25) is 0 Å². The maximum atomic E-state index is 12.0. The normalized spacial score (nSPS) is 34.3. The Morgan fingerprint density at radius 3 is 2.06 bits per heavy atom. The SMILES string of the molecule is COC(=O)C12CCC(c3ccccc3)(CC1)CC2. The van der Waals surface area contributed by atoms with Crippen LogP contribution in [-0.4, -0.2) is 13.1 Å². The monoisotopic (exact) mass is 244 g/mol. The van der Waals surface area contributed by atoms with Gasteiger partial charge in [-0.25, -0.2) is 0 Å². The molecule has 0 aliphatic heterocycles. The highest BCUT2D eigenvalue weighted by Gasteiger charge is 2.53. The third-order valence-electron chi connectivity index (χ3n) is 5.25. The third kappa shape index (κ3) is 1.58. The average molecular weight is 244 g/mol. The van der Waals surface area contributed by atoms with Crippen molar-refractivity contribution in [3.8, 4) is 0 Å². The van der Waals surface area contributed by atoms with Crippen LogP contribution >= 0.6 is 0 Å². The first-order chi connectivity index (χ1) is 8.71. The zero-order valence-corrected chi connectivity index (χ0v) is 10.9. The van der Waals surface area contributed by atoms with Crippen LogP contribution in [0.1, 0.15) is 44.1 Å². The molecule has 2 bridgehead atoms. The Kier molecular flexibility index (Phi) is 2.69. The van der Waals surface area contributed by atoms with Crippen LogP contribution in [0, 0.1) is 5.41 Å².